The van der Waals surface area contributed by atoms with Crippen LogP contribution in [0.5, 0.6) is 5.75 Å². The fourth-order valence-electron chi connectivity index (χ4n) is 1.71. The van der Waals surface area contributed by atoms with Gasteiger partial charge in [-0.25, -0.2) is 15.4 Å². The van der Waals surface area contributed by atoms with Gasteiger partial charge in [-0.3, -0.25) is 0 Å². The van der Waals surface area contributed by atoms with E-state index in [1.165, 1.54) is 0 Å². The normalized spacial score (nSPS) is 10.3. The summed E-state index contributed by atoms with van der Waals surface area (Å²) in [7, 11) is 0. The van der Waals surface area contributed by atoms with Gasteiger partial charge in [0, 0.05) is 11.4 Å². The number of hydrazone groups is 1. The molecular weight excluding hydrogens is 266 g/mol. The van der Waals surface area contributed by atoms with Crippen LogP contribution in [0.2, 0.25) is 0 Å². The lowest BCUT2D eigenvalue weighted by Crippen LogP contribution is -1.99. The molecule has 1 N–H and O–H groups in total. The Bertz CT molecular complexity index is 653. The van der Waals surface area contributed by atoms with Crippen molar-refractivity contribution in [3.8, 4) is 11.8 Å². The average Bonchev–Trinajstić information content (AvgIpc) is 2.45. The Labute approximate surface area is 123 Å². The van der Waals surface area contributed by atoms with Crippen molar-refractivity contribution in [1.82, 2.24) is 9.97 Å². The van der Waals surface area contributed by atoms with Crippen LogP contribution in [0.4, 0.5) is 5.95 Å². The number of benzene rings is 1. The molecule has 0 bridgehead atoms. The number of hydrogen-bond acceptors (Lipinski definition) is 6. The SMILES string of the molecule is Cc1cc(C)nc(N/N=C\c2ccc(OCC#N)cc2)n1. The highest BCUT2D eigenvalue weighted by Crippen LogP contribution is 2.11. The predicted octanol–water partition coefficient (Wildman–Crippen LogP) is 2.44. The third-order valence-corrected chi connectivity index (χ3v) is 2.54. The van der Waals surface area contributed by atoms with Gasteiger partial charge < -0.3 is 4.74 Å². The number of hydrogen-bond donors (Lipinski definition) is 1. The van der Waals surface area contributed by atoms with E-state index in [0.29, 0.717) is 11.7 Å². The fourth-order valence-corrected chi connectivity index (χ4v) is 1.71. The van der Waals surface area contributed by atoms with Crippen LogP contribution in [-0.2, 0) is 0 Å². The topological polar surface area (TPSA) is 83.2 Å². The molecule has 0 radical (unpaired) electrons. The maximum Gasteiger partial charge on any atom is 0.243 e. The van der Waals surface area contributed by atoms with Crippen molar-refractivity contribution in [2.24, 2.45) is 5.10 Å². The van der Waals surface area contributed by atoms with E-state index in [1.807, 2.05) is 38.1 Å². The molecule has 0 aliphatic carbocycles. The molecule has 0 atom stereocenters. The van der Waals surface area contributed by atoms with E-state index < -0.39 is 0 Å². The molecule has 106 valence electrons. The Hall–Kier alpha value is -2.94. The third-order valence-electron chi connectivity index (χ3n) is 2.54. The van der Waals surface area contributed by atoms with Gasteiger partial charge in [-0.05, 0) is 49.7 Å². The van der Waals surface area contributed by atoms with Gasteiger partial charge in [0.25, 0.3) is 0 Å². The maximum atomic E-state index is 8.43. The molecule has 0 aliphatic heterocycles. The molecule has 0 saturated carbocycles. The molecule has 1 heterocycles. The van der Waals surface area contributed by atoms with E-state index in [4.69, 9.17) is 10.00 Å². The highest BCUT2D eigenvalue weighted by Gasteiger charge is 1.97. The van der Waals surface area contributed by atoms with Gasteiger partial charge in [-0.15, -0.1) is 0 Å². The number of rotatable bonds is 5. The molecule has 1 aromatic carbocycles. The second kappa shape index (κ2) is 7.01. The fraction of sp³-hybridized carbons (Fsp3) is 0.200. The van der Waals surface area contributed by atoms with Crippen LogP contribution in [0.25, 0.3) is 0 Å². The number of ether oxygens (including phenoxy) is 1. The average molecular weight is 281 g/mol. The van der Waals surface area contributed by atoms with E-state index in [-0.39, 0.29) is 6.61 Å². The van der Waals surface area contributed by atoms with Gasteiger partial charge in [0.15, 0.2) is 6.61 Å². The summed E-state index contributed by atoms with van der Waals surface area (Å²) in [6.45, 7) is 3.85. The van der Waals surface area contributed by atoms with Crippen LogP contribution in [0.15, 0.2) is 35.4 Å². The summed E-state index contributed by atoms with van der Waals surface area (Å²) in [4.78, 5) is 8.45. The van der Waals surface area contributed by atoms with Gasteiger partial charge >= 0.3 is 0 Å². The summed E-state index contributed by atoms with van der Waals surface area (Å²) in [6, 6.07) is 11.1. The molecule has 0 saturated heterocycles. The number of nitrogens with zero attached hydrogens (tertiary/aromatic N) is 4. The van der Waals surface area contributed by atoms with E-state index in [1.54, 1.807) is 18.3 Å². The molecule has 1 aromatic heterocycles. The van der Waals surface area contributed by atoms with Crippen molar-refractivity contribution in [2.75, 3.05) is 12.0 Å². The zero-order valence-corrected chi connectivity index (χ0v) is 11.9. The van der Waals surface area contributed by atoms with Crippen LogP contribution in [0.3, 0.4) is 0 Å². The summed E-state index contributed by atoms with van der Waals surface area (Å²) in [5.41, 5.74) is 5.47. The molecule has 2 rings (SSSR count). The van der Waals surface area contributed by atoms with E-state index in [0.717, 1.165) is 17.0 Å². The Kier molecular flexibility index (Phi) is 4.83. The van der Waals surface area contributed by atoms with Gasteiger partial charge in [-0.2, -0.15) is 10.4 Å². The molecule has 2 aromatic rings. The minimum absolute atomic E-state index is 0.0407. The maximum absolute atomic E-state index is 8.43. The lowest BCUT2D eigenvalue weighted by Gasteiger charge is -2.02. The second-order valence-corrected chi connectivity index (χ2v) is 4.36. The quantitative estimate of drug-likeness (QED) is 0.672. The summed E-state index contributed by atoms with van der Waals surface area (Å²) in [5, 5.41) is 12.5. The monoisotopic (exact) mass is 281 g/mol. The van der Waals surface area contributed by atoms with Crippen molar-refractivity contribution < 1.29 is 4.74 Å². The van der Waals surface area contributed by atoms with Gasteiger partial charge in [0.1, 0.15) is 11.8 Å². The summed E-state index contributed by atoms with van der Waals surface area (Å²) in [5.74, 6) is 1.12. The highest BCUT2D eigenvalue weighted by atomic mass is 16.5. The molecule has 0 unspecified atom stereocenters. The standard InChI is InChI=1S/C15H15N5O/c1-11-9-12(2)19-15(18-11)20-17-10-13-3-5-14(6-4-13)21-8-7-16/h3-6,9-10H,8H2,1-2H3,(H,18,19,20)/b17-10-. The van der Waals surface area contributed by atoms with Crippen LogP contribution < -0.4 is 10.2 Å². The zero-order chi connectivity index (χ0) is 15.1. The van der Waals surface area contributed by atoms with Crippen LogP contribution in [0.1, 0.15) is 17.0 Å². The minimum Gasteiger partial charge on any atom is -0.479 e. The Morgan fingerprint density at radius 2 is 1.90 bits per heavy atom. The number of nitrogens with one attached hydrogen (secondary N) is 1. The number of anilines is 1. The van der Waals surface area contributed by atoms with Crippen molar-refractivity contribution >= 4 is 12.2 Å². The number of aryl methyl sites for hydroxylation is 2. The van der Waals surface area contributed by atoms with Crippen molar-refractivity contribution in [3.63, 3.8) is 0 Å². The predicted molar refractivity (Wildman–Crippen MR) is 80.3 cm³/mol. The third kappa shape index (κ3) is 4.58. The molecule has 0 aliphatic rings. The smallest absolute Gasteiger partial charge is 0.243 e. The Morgan fingerprint density at radius 1 is 1.24 bits per heavy atom. The first-order chi connectivity index (χ1) is 10.2. The molecule has 21 heavy (non-hydrogen) atoms. The van der Waals surface area contributed by atoms with Crippen molar-refractivity contribution in [3.05, 3.63) is 47.3 Å². The molecular formula is C15H15N5O. The minimum atomic E-state index is 0.0407. The molecule has 0 amide bonds. The first-order valence-electron chi connectivity index (χ1n) is 6.38. The summed E-state index contributed by atoms with van der Waals surface area (Å²) >= 11 is 0. The van der Waals surface area contributed by atoms with Gasteiger partial charge in [0.2, 0.25) is 5.95 Å². The van der Waals surface area contributed by atoms with Crippen LogP contribution in [-0.4, -0.2) is 22.8 Å². The van der Waals surface area contributed by atoms with Crippen LogP contribution >= 0.6 is 0 Å². The first-order valence-corrected chi connectivity index (χ1v) is 6.38. The largest absolute Gasteiger partial charge is 0.479 e. The van der Waals surface area contributed by atoms with Gasteiger partial charge in [-0.1, -0.05) is 0 Å². The number of nitriles is 1. The van der Waals surface area contributed by atoms with Gasteiger partial charge in [0.05, 0.1) is 6.21 Å². The lowest BCUT2D eigenvalue weighted by molar-refractivity contribution is 0.368. The molecule has 0 spiro atoms. The number of aromatic nitrogens is 2. The summed E-state index contributed by atoms with van der Waals surface area (Å²) in [6.07, 6.45) is 1.66. The van der Waals surface area contributed by atoms with Crippen molar-refractivity contribution in [1.29, 1.82) is 5.26 Å². The molecule has 6 nitrogen and oxygen atoms in total. The van der Waals surface area contributed by atoms with E-state index in [9.17, 15) is 0 Å². The Morgan fingerprint density at radius 3 is 2.52 bits per heavy atom. The first kappa shape index (κ1) is 14.5. The zero-order valence-electron chi connectivity index (χ0n) is 11.9. The second-order valence-electron chi connectivity index (χ2n) is 4.36. The highest BCUT2D eigenvalue weighted by molar-refractivity contribution is 5.80. The van der Waals surface area contributed by atoms with E-state index in [2.05, 4.69) is 20.5 Å². The van der Waals surface area contributed by atoms with Crippen LogP contribution in [0, 0.1) is 25.2 Å². The molecule has 6 heteroatoms. The summed E-state index contributed by atoms with van der Waals surface area (Å²) < 4.78 is 5.17. The lowest BCUT2D eigenvalue weighted by atomic mass is 10.2. The Balaban J connectivity index is 1.96. The van der Waals surface area contributed by atoms with Crippen molar-refractivity contribution in [2.45, 2.75) is 13.8 Å². The molecule has 0 fully saturated rings. The van der Waals surface area contributed by atoms with E-state index >= 15 is 0 Å².